The molecule has 5 nitrogen and oxygen atoms in total. The molecule has 0 bridgehead atoms. The summed E-state index contributed by atoms with van der Waals surface area (Å²) in [4.78, 5) is 20.3. The predicted octanol–water partition coefficient (Wildman–Crippen LogP) is 2.25. The van der Waals surface area contributed by atoms with Crippen molar-refractivity contribution in [1.29, 1.82) is 0 Å². The first kappa shape index (κ1) is 11.9. The number of carbonyl (C=O) groups is 1. The molecule has 1 aromatic rings. The molecule has 1 rings (SSSR count). The van der Waals surface area contributed by atoms with Gasteiger partial charge in [-0.25, -0.2) is 0 Å². The van der Waals surface area contributed by atoms with Crippen LogP contribution in [0.1, 0.15) is 10.4 Å². The van der Waals surface area contributed by atoms with Gasteiger partial charge in [0.25, 0.3) is 5.91 Å². The summed E-state index contributed by atoms with van der Waals surface area (Å²) in [5.41, 5.74) is 3.30. The SMILES string of the molecule is NC(=O)c1cc(Cl)c(Br)c(F)c1[N+](=O)[O-]. The van der Waals surface area contributed by atoms with Crippen molar-refractivity contribution in [3.05, 3.63) is 37.1 Å². The van der Waals surface area contributed by atoms with Gasteiger partial charge < -0.3 is 5.73 Å². The molecule has 0 saturated heterocycles. The first-order valence-electron chi connectivity index (χ1n) is 3.48. The topological polar surface area (TPSA) is 86.2 Å². The number of nitro groups is 1. The first-order chi connectivity index (χ1) is 6.86. The van der Waals surface area contributed by atoms with Gasteiger partial charge in [-0.3, -0.25) is 14.9 Å². The van der Waals surface area contributed by atoms with Gasteiger partial charge in [0.1, 0.15) is 5.56 Å². The zero-order valence-corrected chi connectivity index (χ0v) is 9.30. The standard InChI is InChI=1S/C7H3BrClFN2O3/c8-4-3(9)1-2(7(11)13)6(5(4)10)12(14)15/h1H,(H2,11,13). The molecule has 8 heteroatoms. The maximum atomic E-state index is 13.4. The second kappa shape index (κ2) is 4.11. The minimum absolute atomic E-state index is 0.160. The van der Waals surface area contributed by atoms with Crippen molar-refractivity contribution >= 4 is 39.1 Å². The van der Waals surface area contributed by atoms with Crippen LogP contribution in [0.25, 0.3) is 0 Å². The van der Waals surface area contributed by atoms with Crippen molar-refractivity contribution in [1.82, 2.24) is 0 Å². The highest BCUT2D eigenvalue weighted by Crippen LogP contribution is 2.34. The molecule has 0 spiro atoms. The van der Waals surface area contributed by atoms with Crippen LogP contribution in [0.15, 0.2) is 10.5 Å². The van der Waals surface area contributed by atoms with E-state index >= 15 is 0 Å². The van der Waals surface area contributed by atoms with Crippen molar-refractivity contribution in [2.24, 2.45) is 5.73 Å². The highest BCUT2D eigenvalue weighted by atomic mass is 79.9. The summed E-state index contributed by atoms with van der Waals surface area (Å²) in [5.74, 6) is -2.34. The lowest BCUT2D eigenvalue weighted by atomic mass is 10.1. The van der Waals surface area contributed by atoms with Crippen LogP contribution >= 0.6 is 27.5 Å². The number of carbonyl (C=O) groups excluding carboxylic acids is 1. The molecule has 15 heavy (non-hydrogen) atoms. The maximum Gasteiger partial charge on any atom is 0.318 e. The van der Waals surface area contributed by atoms with E-state index in [1.807, 2.05) is 0 Å². The lowest BCUT2D eigenvalue weighted by Gasteiger charge is -2.03. The minimum atomic E-state index is -1.22. The molecule has 0 aromatic heterocycles. The van der Waals surface area contributed by atoms with Gasteiger partial charge in [-0.05, 0) is 22.0 Å². The third-order valence-electron chi connectivity index (χ3n) is 1.58. The van der Waals surface area contributed by atoms with E-state index in [2.05, 4.69) is 15.9 Å². The summed E-state index contributed by atoms with van der Waals surface area (Å²) in [6, 6.07) is 0.940. The Hall–Kier alpha value is -1.21. The number of primary amides is 1. The number of nitrogens with zero attached hydrogens (tertiary/aromatic N) is 1. The Morgan fingerprint density at radius 2 is 2.20 bits per heavy atom. The Balaban J connectivity index is 3.65. The maximum absolute atomic E-state index is 13.4. The monoisotopic (exact) mass is 296 g/mol. The summed E-state index contributed by atoms with van der Waals surface area (Å²) in [6.07, 6.45) is 0. The fourth-order valence-electron chi connectivity index (χ4n) is 0.952. The van der Waals surface area contributed by atoms with E-state index in [9.17, 15) is 19.3 Å². The molecule has 0 aliphatic rings. The molecule has 2 N–H and O–H groups in total. The number of hydrogen-bond donors (Lipinski definition) is 1. The van der Waals surface area contributed by atoms with Gasteiger partial charge in [-0.15, -0.1) is 0 Å². The number of benzene rings is 1. The molecule has 0 fully saturated rings. The van der Waals surface area contributed by atoms with Gasteiger partial charge >= 0.3 is 5.69 Å². The fourth-order valence-corrected chi connectivity index (χ4v) is 1.45. The van der Waals surface area contributed by atoms with Crippen LogP contribution in [-0.4, -0.2) is 10.8 Å². The Morgan fingerprint density at radius 3 is 2.60 bits per heavy atom. The first-order valence-corrected chi connectivity index (χ1v) is 4.65. The van der Waals surface area contributed by atoms with Crippen molar-refractivity contribution in [2.45, 2.75) is 0 Å². The molecule has 0 heterocycles. The Kier molecular flexibility index (Phi) is 3.25. The Labute approximate surface area is 96.3 Å². The number of amides is 1. The Morgan fingerprint density at radius 1 is 1.67 bits per heavy atom. The van der Waals surface area contributed by atoms with Gasteiger partial charge in [0, 0.05) is 0 Å². The van der Waals surface area contributed by atoms with Crippen molar-refractivity contribution in [2.75, 3.05) is 0 Å². The summed E-state index contributed by atoms with van der Waals surface area (Å²) < 4.78 is 13.1. The third-order valence-corrected chi connectivity index (χ3v) is 2.89. The normalized spacial score (nSPS) is 10.1. The van der Waals surface area contributed by atoms with E-state index in [4.69, 9.17) is 17.3 Å². The van der Waals surface area contributed by atoms with Crippen LogP contribution in [0.3, 0.4) is 0 Å². The fraction of sp³-hybridized carbons (Fsp3) is 0. The molecule has 0 saturated carbocycles. The van der Waals surface area contributed by atoms with Crippen LogP contribution in [0.5, 0.6) is 0 Å². The molecular formula is C7H3BrClFN2O3. The molecule has 80 valence electrons. The number of nitro benzene ring substituents is 1. The molecule has 0 aliphatic heterocycles. The van der Waals surface area contributed by atoms with E-state index < -0.39 is 27.9 Å². The lowest BCUT2D eigenvalue weighted by molar-refractivity contribution is -0.387. The molecule has 0 unspecified atom stereocenters. The minimum Gasteiger partial charge on any atom is -0.365 e. The van der Waals surface area contributed by atoms with E-state index in [0.29, 0.717) is 0 Å². The summed E-state index contributed by atoms with van der Waals surface area (Å²) >= 11 is 8.24. The molecular weight excluding hydrogens is 294 g/mol. The van der Waals surface area contributed by atoms with Gasteiger partial charge in [0.05, 0.1) is 14.4 Å². The average molecular weight is 297 g/mol. The molecule has 1 amide bonds. The van der Waals surface area contributed by atoms with Crippen LogP contribution < -0.4 is 5.73 Å². The zero-order valence-electron chi connectivity index (χ0n) is 6.96. The smallest absolute Gasteiger partial charge is 0.318 e. The van der Waals surface area contributed by atoms with Crippen molar-refractivity contribution < 1.29 is 14.1 Å². The second-order valence-electron chi connectivity index (χ2n) is 2.50. The zero-order chi connectivity index (χ0) is 11.7. The third kappa shape index (κ3) is 2.07. The van der Waals surface area contributed by atoms with E-state index in [-0.39, 0.29) is 9.50 Å². The quantitative estimate of drug-likeness (QED) is 0.516. The van der Waals surface area contributed by atoms with Crippen LogP contribution in [0, 0.1) is 15.9 Å². The van der Waals surface area contributed by atoms with Crippen LogP contribution in [0.2, 0.25) is 5.02 Å². The van der Waals surface area contributed by atoms with Gasteiger partial charge in [-0.1, -0.05) is 11.6 Å². The molecule has 0 atom stereocenters. The van der Waals surface area contributed by atoms with Gasteiger partial charge in [-0.2, -0.15) is 4.39 Å². The molecule has 0 radical (unpaired) electrons. The van der Waals surface area contributed by atoms with E-state index in [0.717, 1.165) is 6.07 Å². The van der Waals surface area contributed by atoms with E-state index in [1.165, 1.54) is 0 Å². The lowest BCUT2D eigenvalue weighted by Crippen LogP contribution is -2.14. The summed E-state index contributed by atoms with van der Waals surface area (Å²) in [6.45, 7) is 0. The van der Waals surface area contributed by atoms with Crippen molar-refractivity contribution in [3.8, 4) is 0 Å². The highest BCUT2D eigenvalue weighted by Gasteiger charge is 2.27. The van der Waals surface area contributed by atoms with Gasteiger partial charge in [0.15, 0.2) is 0 Å². The highest BCUT2D eigenvalue weighted by molar-refractivity contribution is 9.10. The van der Waals surface area contributed by atoms with Gasteiger partial charge in [0.2, 0.25) is 5.82 Å². The number of hydrogen-bond acceptors (Lipinski definition) is 3. The molecule has 1 aromatic carbocycles. The predicted molar refractivity (Wildman–Crippen MR) is 54.3 cm³/mol. The van der Waals surface area contributed by atoms with Crippen molar-refractivity contribution in [3.63, 3.8) is 0 Å². The largest absolute Gasteiger partial charge is 0.365 e. The van der Waals surface area contributed by atoms with E-state index in [1.54, 1.807) is 0 Å². The van der Waals surface area contributed by atoms with Crippen LogP contribution in [0.4, 0.5) is 10.1 Å². The summed E-state index contributed by atoms with van der Waals surface area (Å²) in [5, 5.41) is 10.3. The Bertz CT molecular complexity index is 466. The number of halogens is 3. The van der Waals surface area contributed by atoms with Crippen LogP contribution in [-0.2, 0) is 0 Å². The number of nitrogens with two attached hydrogens (primary N) is 1. The molecule has 0 aliphatic carbocycles. The number of rotatable bonds is 2. The second-order valence-corrected chi connectivity index (χ2v) is 3.70. The average Bonchev–Trinajstić information content (AvgIpc) is 2.12. The summed E-state index contributed by atoms with van der Waals surface area (Å²) in [7, 11) is 0.